The molecular weight excluding hydrogens is 378 g/mol. The lowest BCUT2D eigenvalue weighted by molar-refractivity contribution is -0.131. The molecule has 1 saturated carbocycles. The van der Waals surface area contributed by atoms with E-state index in [-0.39, 0.29) is 30.1 Å². The molecule has 28 heavy (non-hydrogen) atoms. The van der Waals surface area contributed by atoms with Gasteiger partial charge in [-0.2, -0.15) is 0 Å². The van der Waals surface area contributed by atoms with Crippen LogP contribution in [0, 0.1) is 6.92 Å². The highest BCUT2D eigenvalue weighted by atomic mass is 32.1. The van der Waals surface area contributed by atoms with Crippen LogP contribution in [0.25, 0.3) is 10.2 Å². The molecule has 0 aliphatic heterocycles. The number of ether oxygens (including phenoxy) is 1. The van der Waals surface area contributed by atoms with E-state index in [1.54, 1.807) is 11.8 Å². The Labute approximate surface area is 168 Å². The van der Waals surface area contributed by atoms with Crippen molar-refractivity contribution in [2.45, 2.75) is 65.5 Å². The first-order valence-electron chi connectivity index (χ1n) is 9.93. The van der Waals surface area contributed by atoms with Crippen molar-refractivity contribution in [2.24, 2.45) is 0 Å². The summed E-state index contributed by atoms with van der Waals surface area (Å²) in [5.74, 6) is -0.504. The lowest BCUT2D eigenvalue weighted by Crippen LogP contribution is -2.36. The number of hydrogen-bond acceptors (Lipinski definition) is 6. The number of fused-ring (bicyclic) bond motifs is 1. The number of carbonyl (C=O) groups is 2. The zero-order valence-corrected chi connectivity index (χ0v) is 17.5. The van der Waals surface area contributed by atoms with E-state index in [9.17, 15) is 14.4 Å². The number of likely N-dealkylation sites (N-methyl/N-ethyl adjacent to an activating group) is 1. The molecule has 0 saturated heterocycles. The third-order valence-corrected chi connectivity index (χ3v) is 6.53. The highest BCUT2D eigenvalue weighted by Gasteiger charge is 2.24. The Hall–Kier alpha value is -2.22. The fourth-order valence-electron chi connectivity index (χ4n) is 3.68. The minimum absolute atomic E-state index is 0.0397. The fraction of sp³-hybridized carbons (Fsp3) is 0.600. The molecule has 0 atom stereocenters. The Morgan fingerprint density at radius 3 is 2.57 bits per heavy atom. The number of aromatic nitrogens is 2. The molecule has 152 valence electrons. The summed E-state index contributed by atoms with van der Waals surface area (Å²) in [6, 6.07) is 0. The minimum Gasteiger partial charge on any atom is -0.458 e. The van der Waals surface area contributed by atoms with E-state index in [0.29, 0.717) is 33.7 Å². The molecule has 8 heteroatoms. The predicted octanol–water partition coefficient (Wildman–Crippen LogP) is 3.12. The molecule has 3 rings (SSSR count). The number of nitrogens with zero attached hydrogens (tertiary/aromatic N) is 3. The Bertz CT molecular complexity index is 923. The molecule has 0 aromatic carbocycles. The van der Waals surface area contributed by atoms with E-state index in [1.807, 2.05) is 13.8 Å². The number of amides is 1. The van der Waals surface area contributed by atoms with Crippen molar-refractivity contribution < 1.29 is 14.3 Å². The molecule has 2 heterocycles. The molecule has 1 amide bonds. The van der Waals surface area contributed by atoms with Gasteiger partial charge >= 0.3 is 5.97 Å². The van der Waals surface area contributed by atoms with E-state index in [0.717, 1.165) is 25.7 Å². The smallest absolute Gasteiger partial charge is 0.348 e. The molecule has 2 aromatic rings. The molecule has 0 spiro atoms. The second-order valence-electron chi connectivity index (χ2n) is 7.15. The standard InChI is InChI=1S/C20H27N3O4S/c1-4-22(5-2)15(24)11-23-12-21-18-16(19(23)25)13(3)17(28-18)20(26)27-14-9-7-6-8-10-14/h12,14H,4-11H2,1-3H3. The number of aryl methyl sites for hydroxylation is 1. The highest BCUT2D eigenvalue weighted by molar-refractivity contribution is 7.20. The second-order valence-corrected chi connectivity index (χ2v) is 8.14. The third kappa shape index (κ3) is 4.11. The summed E-state index contributed by atoms with van der Waals surface area (Å²) >= 11 is 1.18. The Morgan fingerprint density at radius 1 is 1.25 bits per heavy atom. The molecule has 2 aromatic heterocycles. The first-order chi connectivity index (χ1) is 13.5. The summed E-state index contributed by atoms with van der Waals surface area (Å²) in [5.41, 5.74) is 0.291. The lowest BCUT2D eigenvalue weighted by Gasteiger charge is -2.21. The topological polar surface area (TPSA) is 81.5 Å². The summed E-state index contributed by atoms with van der Waals surface area (Å²) in [6.07, 6.45) is 6.49. The van der Waals surface area contributed by atoms with Crippen molar-refractivity contribution in [1.29, 1.82) is 0 Å². The first kappa shape index (κ1) is 20.5. The number of esters is 1. The van der Waals surface area contributed by atoms with Crippen LogP contribution in [0.15, 0.2) is 11.1 Å². The average Bonchev–Trinajstić information content (AvgIpc) is 3.03. The quantitative estimate of drug-likeness (QED) is 0.690. The number of rotatable bonds is 6. The zero-order valence-electron chi connectivity index (χ0n) is 16.7. The normalized spacial score (nSPS) is 15.0. The maximum Gasteiger partial charge on any atom is 0.348 e. The summed E-state index contributed by atoms with van der Waals surface area (Å²) < 4.78 is 6.98. The van der Waals surface area contributed by atoms with Gasteiger partial charge in [0.25, 0.3) is 5.56 Å². The van der Waals surface area contributed by atoms with Gasteiger partial charge in [0.05, 0.1) is 11.7 Å². The van der Waals surface area contributed by atoms with Crippen molar-refractivity contribution in [1.82, 2.24) is 14.5 Å². The molecule has 7 nitrogen and oxygen atoms in total. The van der Waals surface area contributed by atoms with Crippen LogP contribution in [-0.4, -0.2) is 45.5 Å². The van der Waals surface area contributed by atoms with E-state index in [4.69, 9.17) is 4.74 Å². The van der Waals surface area contributed by atoms with Gasteiger partial charge in [0.1, 0.15) is 22.4 Å². The van der Waals surface area contributed by atoms with E-state index in [2.05, 4.69) is 4.98 Å². The van der Waals surface area contributed by atoms with Gasteiger partial charge in [0.15, 0.2) is 0 Å². The van der Waals surface area contributed by atoms with E-state index < -0.39 is 0 Å². The SMILES string of the molecule is CCN(CC)C(=O)Cn1cnc2sc(C(=O)OC3CCCCC3)c(C)c2c1=O. The third-order valence-electron chi connectivity index (χ3n) is 5.35. The Balaban J connectivity index is 1.87. The fourth-order valence-corrected chi connectivity index (χ4v) is 4.70. The van der Waals surface area contributed by atoms with Gasteiger partial charge in [-0.3, -0.25) is 14.2 Å². The van der Waals surface area contributed by atoms with Crippen LogP contribution in [0.2, 0.25) is 0 Å². The van der Waals surface area contributed by atoms with Gasteiger partial charge in [0, 0.05) is 13.1 Å². The Kier molecular flexibility index (Phi) is 6.49. The van der Waals surface area contributed by atoms with Crippen molar-refractivity contribution in [3.05, 3.63) is 27.1 Å². The number of hydrogen-bond donors (Lipinski definition) is 0. The average molecular weight is 406 g/mol. The number of thiophene rings is 1. The van der Waals surface area contributed by atoms with Crippen LogP contribution >= 0.6 is 11.3 Å². The molecule has 1 fully saturated rings. The van der Waals surface area contributed by atoms with Crippen molar-refractivity contribution in [3.63, 3.8) is 0 Å². The summed E-state index contributed by atoms with van der Waals surface area (Å²) in [6.45, 7) is 6.68. The largest absolute Gasteiger partial charge is 0.458 e. The lowest BCUT2D eigenvalue weighted by atomic mass is 9.98. The van der Waals surface area contributed by atoms with Crippen LogP contribution in [0.3, 0.4) is 0 Å². The summed E-state index contributed by atoms with van der Waals surface area (Å²) in [5, 5.41) is 0.399. The van der Waals surface area contributed by atoms with Crippen molar-refractivity contribution >= 4 is 33.4 Å². The highest BCUT2D eigenvalue weighted by Crippen LogP contribution is 2.29. The maximum atomic E-state index is 12.9. The van der Waals surface area contributed by atoms with Gasteiger partial charge < -0.3 is 9.64 Å². The monoisotopic (exact) mass is 405 g/mol. The van der Waals surface area contributed by atoms with Crippen LogP contribution in [0.4, 0.5) is 0 Å². The van der Waals surface area contributed by atoms with Crippen LogP contribution in [0.5, 0.6) is 0 Å². The van der Waals surface area contributed by atoms with Crippen LogP contribution in [-0.2, 0) is 16.1 Å². The maximum absolute atomic E-state index is 12.9. The van der Waals surface area contributed by atoms with Gasteiger partial charge in [-0.05, 0) is 52.0 Å². The van der Waals surface area contributed by atoms with Crippen molar-refractivity contribution in [2.75, 3.05) is 13.1 Å². The zero-order chi connectivity index (χ0) is 20.3. The van der Waals surface area contributed by atoms with E-state index >= 15 is 0 Å². The predicted molar refractivity (Wildman–Crippen MR) is 109 cm³/mol. The molecule has 0 unspecified atom stereocenters. The van der Waals surface area contributed by atoms with E-state index in [1.165, 1.54) is 28.7 Å². The summed E-state index contributed by atoms with van der Waals surface area (Å²) in [4.78, 5) is 44.8. The van der Waals surface area contributed by atoms with Gasteiger partial charge in [-0.25, -0.2) is 9.78 Å². The molecule has 0 N–H and O–H groups in total. The Morgan fingerprint density at radius 2 is 1.93 bits per heavy atom. The first-order valence-corrected chi connectivity index (χ1v) is 10.7. The van der Waals surface area contributed by atoms with Crippen LogP contribution < -0.4 is 5.56 Å². The second kappa shape index (κ2) is 8.86. The van der Waals surface area contributed by atoms with Gasteiger partial charge in [0.2, 0.25) is 5.91 Å². The molecule has 1 aliphatic rings. The summed E-state index contributed by atoms with van der Waals surface area (Å²) in [7, 11) is 0. The molecule has 0 radical (unpaired) electrons. The molecule has 1 aliphatic carbocycles. The molecule has 0 bridgehead atoms. The number of carbonyl (C=O) groups excluding carboxylic acids is 2. The minimum atomic E-state index is -0.377. The van der Waals surface area contributed by atoms with Gasteiger partial charge in [-0.15, -0.1) is 11.3 Å². The van der Waals surface area contributed by atoms with Gasteiger partial charge in [-0.1, -0.05) is 6.42 Å². The van der Waals surface area contributed by atoms with Crippen LogP contribution in [0.1, 0.15) is 61.2 Å². The molecular formula is C20H27N3O4S. The van der Waals surface area contributed by atoms with Crippen molar-refractivity contribution in [3.8, 4) is 0 Å².